The Kier molecular flexibility index (Phi) is 3.61. The largest absolute Gasteiger partial charge is 0.397 e. The smallest absolute Gasteiger partial charge is 0.272 e. The fourth-order valence-electron chi connectivity index (χ4n) is 2.30. The van der Waals surface area contributed by atoms with Crippen molar-refractivity contribution >= 4 is 23.1 Å². The standard InChI is InChI=1S/C15H17N3O2/c1-8-13(10(3)19)9(2)17-14(8)15(20)18-12-7-5-4-6-11(12)16/h4-7,17H,16H2,1-3H3,(H,18,20). The molecule has 0 aliphatic rings. The Morgan fingerprint density at radius 1 is 1.20 bits per heavy atom. The van der Waals surface area contributed by atoms with Crippen LogP contribution in [-0.4, -0.2) is 16.7 Å². The topological polar surface area (TPSA) is 88.0 Å². The Bertz CT molecular complexity index is 686. The first kappa shape index (κ1) is 13.9. The van der Waals surface area contributed by atoms with E-state index in [1.165, 1.54) is 6.92 Å². The molecule has 5 heteroatoms. The second-order valence-corrected chi connectivity index (χ2v) is 4.72. The number of Topliss-reactive ketones (excluding diaryl/α,β-unsaturated/α-hetero) is 1. The van der Waals surface area contributed by atoms with Crippen LogP contribution in [0, 0.1) is 13.8 Å². The van der Waals surface area contributed by atoms with Gasteiger partial charge in [0.2, 0.25) is 0 Å². The number of amides is 1. The van der Waals surface area contributed by atoms with Crippen LogP contribution in [0.25, 0.3) is 0 Å². The number of aromatic nitrogens is 1. The van der Waals surface area contributed by atoms with E-state index in [0.717, 1.165) is 0 Å². The van der Waals surface area contributed by atoms with Crippen LogP contribution >= 0.6 is 0 Å². The summed E-state index contributed by atoms with van der Waals surface area (Å²) in [5.41, 5.74) is 9.13. The zero-order valence-electron chi connectivity index (χ0n) is 11.7. The van der Waals surface area contributed by atoms with Gasteiger partial charge in [-0.05, 0) is 38.5 Å². The van der Waals surface area contributed by atoms with E-state index in [1.54, 1.807) is 38.1 Å². The lowest BCUT2D eigenvalue weighted by molar-refractivity contribution is 0.101. The number of rotatable bonds is 3. The molecule has 0 saturated heterocycles. The number of benzene rings is 1. The van der Waals surface area contributed by atoms with E-state index in [1.807, 2.05) is 0 Å². The number of nitrogens with one attached hydrogen (secondary N) is 2. The van der Waals surface area contributed by atoms with Crippen LogP contribution in [0.4, 0.5) is 11.4 Å². The van der Waals surface area contributed by atoms with Gasteiger partial charge in [-0.15, -0.1) is 0 Å². The van der Waals surface area contributed by atoms with Crippen molar-refractivity contribution in [1.82, 2.24) is 4.98 Å². The summed E-state index contributed by atoms with van der Waals surface area (Å²) in [5.74, 6) is -0.370. The molecule has 0 radical (unpaired) electrons. The third-order valence-electron chi connectivity index (χ3n) is 3.23. The summed E-state index contributed by atoms with van der Waals surface area (Å²) >= 11 is 0. The number of hydrogen-bond acceptors (Lipinski definition) is 3. The van der Waals surface area contributed by atoms with E-state index in [9.17, 15) is 9.59 Å². The highest BCUT2D eigenvalue weighted by Gasteiger charge is 2.20. The van der Waals surface area contributed by atoms with Crippen molar-refractivity contribution < 1.29 is 9.59 Å². The molecule has 4 N–H and O–H groups in total. The number of carbonyl (C=O) groups excluding carboxylic acids is 2. The monoisotopic (exact) mass is 271 g/mol. The van der Waals surface area contributed by atoms with Crippen molar-refractivity contribution in [3.05, 3.63) is 46.8 Å². The summed E-state index contributed by atoms with van der Waals surface area (Å²) in [5, 5.41) is 2.74. The van der Waals surface area contributed by atoms with Crippen LogP contribution in [0.5, 0.6) is 0 Å². The number of anilines is 2. The van der Waals surface area contributed by atoms with E-state index >= 15 is 0 Å². The lowest BCUT2D eigenvalue weighted by Crippen LogP contribution is -2.15. The Hall–Kier alpha value is -2.56. The van der Waals surface area contributed by atoms with Gasteiger partial charge in [-0.2, -0.15) is 0 Å². The lowest BCUT2D eigenvalue weighted by Gasteiger charge is -2.07. The van der Waals surface area contributed by atoms with Crippen LogP contribution in [0.1, 0.15) is 39.0 Å². The summed E-state index contributed by atoms with van der Waals surface area (Å²) in [6.45, 7) is 5.01. The van der Waals surface area contributed by atoms with Crippen molar-refractivity contribution in [2.24, 2.45) is 0 Å². The predicted molar refractivity (Wildman–Crippen MR) is 79.1 cm³/mol. The van der Waals surface area contributed by atoms with Gasteiger partial charge in [0.1, 0.15) is 5.69 Å². The van der Waals surface area contributed by atoms with Gasteiger partial charge in [-0.3, -0.25) is 9.59 Å². The van der Waals surface area contributed by atoms with Gasteiger partial charge < -0.3 is 16.0 Å². The van der Waals surface area contributed by atoms with E-state index in [2.05, 4.69) is 10.3 Å². The highest BCUT2D eigenvalue weighted by Crippen LogP contribution is 2.21. The maximum absolute atomic E-state index is 12.3. The van der Waals surface area contributed by atoms with Crippen molar-refractivity contribution in [1.29, 1.82) is 0 Å². The second kappa shape index (κ2) is 5.21. The average Bonchev–Trinajstić information content (AvgIpc) is 2.67. The number of carbonyl (C=O) groups is 2. The zero-order chi connectivity index (χ0) is 14.9. The molecule has 5 nitrogen and oxygen atoms in total. The number of aromatic amines is 1. The molecule has 0 aliphatic carbocycles. The summed E-state index contributed by atoms with van der Waals surface area (Å²) in [6.07, 6.45) is 0. The molecule has 0 atom stereocenters. The lowest BCUT2D eigenvalue weighted by atomic mass is 10.1. The molecule has 1 aromatic carbocycles. The molecule has 0 saturated carbocycles. The number of ketones is 1. The average molecular weight is 271 g/mol. The predicted octanol–water partition coefficient (Wildman–Crippen LogP) is 2.67. The number of nitrogen functional groups attached to an aromatic ring is 1. The Labute approximate surface area is 117 Å². The van der Waals surface area contributed by atoms with Crippen LogP contribution in [0.3, 0.4) is 0 Å². The number of nitrogens with two attached hydrogens (primary N) is 1. The van der Waals surface area contributed by atoms with E-state index in [0.29, 0.717) is 33.9 Å². The van der Waals surface area contributed by atoms with Crippen LogP contribution in [0.2, 0.25) is 0 Å². The Morgan fingerprint density at radius 2 is 1.85 bits per heavy atom. The van der Waals surface area contributed by atoms with Crippen molar-refractivity contribution in [2.45, 2.75) is 20.8 Å². The summed E-state index contributed by atoms with van der Waals surface area (Å²) in [4.78, 5) is 26.8. The summed E-state index contributed by atoms with van der Waals surface area (Å²) in [7, 11) is 0. The van der Waals surface area contributed by atoms with Crippen LogP contribution < -0.4 is 11.1 Å². The molecule has 1 amide bonds. The molecule has 104 valence electrons. The highest BCUT2D eigenvalue weighted by atomic mass is 16.2. The number of hydrogen-bond donors (Lipinski definition) is 3. The zero-order valence-corrected chi connectivity index (χ0v) is 11.7. The Morgan fingerprint density at radius 3 is 2.40 bits per heavy atom. The van der Waals surface area contributed by atoms with Gasteiger partial charge in [0, 0.05) is 11.3 Å². The van der Waals surface area contributed by atoms with Gasteiger partial charge in [0.15, 0.2) is 5.78 Å². The van der Waals surface area contributed by atoms with E-state index in [4.69, 9.17) is 5.73 Å². The molecule has 1 aromatic heterocycles. The molecule has 0 bridgehead atoms. The van der Waals surface area contributed by atoms with Gasteiger partial charge in [-0.25, -0.2) is 0 Å². The molecular formula is C15H17N3O2. The van der Waals surface area contributed by atoms with Crippen molar-refractivity contribution in [3.63, 3.8) is 0 Å². The molecule has 1 heterocycles. The number of aryl methyl sites for hydroxylation is 1. The maximum Gasteiger partial charge on any atom is 0.272 e. The molecule has 0 fully saturated rings. The van der Waals surface area contributed by atoms with Crippen LogP contribution in [0.15, 0.2) is 24.3 Å². The normalized spacial score (nSPS) is 10.3. The SMILES string of the molecule is CC(=O)c1c(C)[nH]c(C(=O)Nc2ccccc2N)c1C. The van der Waals surface area contributed by atoms with Gasteiger partial charge in [-0.1, -0.05) is 12.1 Å². The van der Waals surface area contributed by atoms with Crippen LogP contribution in [-0.2, 0) is 0 Å². The van der Waals surface area contributed by atoms with Gasteiger partial charge in [0.25, 0.3) is 5.91 Å². The number of para-hydroxylation sites is 2. The minimum Gasteiger partial charge on any atom is -0.397 e. The third-order valence-corrected chi connectivity index (χ3v) is 3.23. The fourth-order valence-corrected chi connectivity index (χ4v) is 2.30. The molecule has 2 rings (SSSR count). The first-order valence-corrected chi connectivity index (χ1v) is 6.27. The minimum absolute atomic E-state index is 0.0606. The van der Waals surface area contributed by atoms with E-state index < -0.39 is 0 Å². The van der Waals surface area contributed by atoms with Gasteiger partial charge >= 0.3 is 0 Å². The Balaban J connectivity index is 2.34. The van der Waals surface area contributed by atoms with Crippen molar-refractivity contribution in [2.75, 3.05) is 11.1 Å². The second-order valence-electron chi connectivity index (χ2n) is 4.72. The molecule has 0 spiro atoms. The minimum atomic E-state index is -0.309. The first-order valence-electron chi connectivity index (χ1n) is 6.27. The highest BCUT2D eigenvalue weighted by molar-refractivity contribution is 6.08. The maximum atomic E-state index is 12.3. The van der Waals surface area contributed by atoms with E-state index in [-0.39, 0.29) is 11.7 Å². The first-order chi connectivity index (χ1) is 9.41. The molecule has 0 unspecified atom stereocenters. The summed E-state index contributed by atoms with van der Waals surface area (Å²) < 4.78 is 0. The molecule has 20 heavy (non-hydrogen) atoms. The molecule has 0 aliphatic heterocycles. The molecule has 2 aromatic rings. The quantitative estimate of drug-likeness (QED) is 0.592. The van der Waals surface area contributed by atoms with Crippen molar-refractivity contribution in [3.8, 4) is 0 Å². The number of H-pyrrole nitrogens is 1. The molecular weight excluding hydrogens is 254 g/mol. The third kappa shape index (κ3) is 2.42. The summed E-state index contributed by atoms with van der Waals surface area (Å²) in [6, 6.07) is 7.02. The fraction of sp³-hybridized carbons (Fsp3) is 0.200. The van der Waals surface area contributed by atoms with Gasteiger partial charge in [0.05, 0.1) is 11.4 Å².